The van der Waals surface area contributed by atoms with Gasteiger partial charge >= 0.3 is 0 Å². The number of phenols is 1. The van der Waals surface area contributed by atoms with Crippen LogP contribution in [-0.2, 0) is 16.1 Å². The van der Waals surface area contributed by atoms with E-state index in [1.54, 1.807) is 36.2 Å². The minimum atomic E-state index is -0.310. The van der Waals surface area contributed by atoms with Gasteiger partial charge in [0.05, 0.1) is 5.60 Å². The summed E-state index contributed by atoms with van der Waals surface area (Å²) in [6.45, 7) is 6.34. The normalized spacial score (nSPS) is 11.3. The maximum Gasteiger partial charge on any atom is 0.248 e. The highest BCUT2D eigenvalue weighted by Crippen LogP contribution is 2.12. The van der Waals surface area contributed by atoms with Gasteiger partial charge < -0.3 is 14.7 Å². The van der Waals surface area contributed by atoms with Crippen LogP contribution in [0.25, 0.3) is 0 Å². The molecule has 0 aliphatic heterocycles. The Hall–Kier alpha value is -1.55. The molecule has 4 heteroatoms. The number of likely N-dealkylation sites (N-methyl/N-ethyl adjacent to an activating group) is 1. The van der Waals surface area contributed by atoms with Crippen LogP contribution in [0.5, 0.6) is 5.75 Å². The molecule has 0 aliphatic carbocycles. The lowest BCUT2D eigenvalue weighted by atomic mass is 10.2. The predicted molar refractivity (Wildman–Crippen MR) is 70.3 cm³/mol. The SMILES string of the molecule is CN(Cc1ccc(O)cc1)C(=O)COC(C)(C)C. The average Bonchev–Trinajstić information content (AvgIpc) is 2.28. The Bertz CT molecular complexity index is 392. The van der Waals surface area contributed by atoms with Gasteiger partial charge in [-0.3, -0.25) is 4.79 Å². The van der Waals surface area contributed by atoms with Gasteiger partial charge in [0.25, 0.3) is 0 Å². The fraction of sp³-hybridized carbons (Fsp3) is 0.500. The molecule has 0 saturated heterocycles. The molecule has 4 nitrogen and oxygen atoms in total. The van der Waals surface area contributed by atoms with Gasteiger partial charge in [0, 0.05) is 13.6 Å². The van der Waals surface area contributed by atoms with E-state index in [0.717, 1.165) is 5.56 Å². The molecule has 0 aliphatic rings. The minimum Gasteiger partial charge on any atom is -0.508 e. The number of carbonyl (C=O) groups excluding carboxylic acids is 1. The van der Waals surface area contributed by atoms with E-state index in [4.69, 9.17) is 4.74 Å². The number of hydrogen-bond donors (Lipinski definition) is 1. The van der Waals surface area contributed by atoms with Gasteiger partial charge in [-0.2, -0.15) is 0 Å². The van der Waals surface area contributed by atoms with Crippen molar-refractivity contribution in [3.05, 3.63) is 29.8 Å². The highest BCUT2D eigenvalue weighted by Gasteiger charge is 2.15. The summed E-state index contributed by atoms with van der Waals surface area (Å²) in [4.78, 5) is 13.4. The molecule has 18 heavy (non-hydrogen) atoms. The molecule has 0 atom stereocenters. The van der Waals surface area contributed by atoms with E-state index in [2.05, 4.69) is 0 Å². The first-order valence-corrected chi connectivity index (χ1v) is 5.94. The Morgan fingerprint density at radius 1 is 1.28 bits per heavy atom. The zero-order valence-electron chi connectivity index (χ0n) is 11.4. The van der Waals surface area contributed by atoms with Gasteiger partial charge in [-0.25, -0.2) is 0 Å². The van der Waals surface area contributed by atoms with Crippen molar-refractivity contribution in [1.29, 1.82) is 0 Å². The van der Waals surface area contributed by atoms with Crippen LogP contribution in [0.1, 0.15) is 26.3 Å². The van der Waals surface area contributed by atoms with E-state index in [9.17, 15) is 9.90 Å². The molecule has 0 heterocycles. The third-order valence-electron chi connectivity index (χ3n) is 2.41. The lowest BCUT2D eigenvalue weighted by Gasteiger charge is -2.22. The van der Waals surface area contributed by atoms with Crippen molar-refractivity contribution in [1.82, 2.24) is 4.90 Å². The lowest BCUT2D eigenvalue weighted by molar-refractivity contribution is -0.140. The first kappa shape index (κ1) is 14.5. The maximum absolute atomic E-state index is 11.8. The van der Waals surface area contributed by atoms with Crippen molar-refractivity contribution < 1.29 is 14.6 Å². The van der Waals surface area contributed by atoms with Crippen LogP contribution in [-0.4, -0.2) is 35.2 Å². The van der Waals surface area contributed by atoms with Crippen LogP contribution in [0, 0.1) is 0 Å². The highest BCUT2D eigenvalue weighted by molar-refractivity contribution is 5.77. The molecular weight excluding hydrogens is 230 g/mol. The van der Waals surface area contributed by atoms with Crippen LogP contribution in [0.15, 0.2) is 24.3 Å². The molecule has 0 radical (unpaired) electrons. The van der Waals surface area contributed by atoms with E-state index in [1.807, 2.05) is 20.8 Å². The smallest absolute Gasteiger partial charge is 0.248 e. The molecule has 1 amide bonds. The van der Waals surface area contributed by atoms with Crippen LogP contribution >= 0.6 is 0 Å². The molecule has 0 bridgehead atoms. The second kappa shape index (κ2) is 5.87. The second-order valence-corrected chi connectivity index (χ2v) is 5.32. The third-order valence-corrected chi connectivity index (χ3v) is 2.41. The molecule has 0 aromatic heterocycles. The first-order chi connectivity index (χ1) is 8.28. The number of hydrogen-bond acceptors (Lipinski definition) is 3. The van der Waals surface area contributed by atoms with Crippen LogP contribution < -0.4 is 0 Å². The number of rotatable bonds is 4. The summed E-state index contributed by atoms with van der Waals surface area (Å²) in [6.07, 6.45) is 0. The van der Waals surface area contributed by atoms with Gasteiger partial charge in [0.15, 0.2) is 0 Å². The average molecular weight is 251 g/mol. The Morgan fingerprint density at radius 2 is 1.83 bits per heavy atom. The summed E-state index contributed by atoms with van der Waals surface area (Å²) in [7, 11) is 1.74. The summed E-state index contributed by atoms with van der Waals surface area (Å²) >= 11 is 0. The van der Waals surface area contributed by atoms with Gasteiger partial charge in [-0.15, -0.1) is 0 Å². The fourth-order valence-electron chi connectivity index (χ4n) is 1.35. The summed E-state index contributed by atoms with van der Waals surface area (Å²) in [5.41, 5.74) is 0.661. The second-order valence-electron chi connectivity index (χ2n) is 5.32. The Morgan fingerprint density at radius 3 is 2.33 bits per heavy atom. The summed E-state index contributed by atoms with van der Waals surface area (Å²) in [6, 6.07) is 6.81. The molecular formula is C14H21NO3. The maximum atomic E-state index is 11.8. The van der Waals surface area contributed by atoms with E-state index in [1.165, 1.54) is 0 Å². The Labute approximate surface area is 108 Å². The predicted octanol–water partition coefficient (Wildman–Crippen LogP) is 2.17. The van der Waals surface area contributed by atoms with E-state index < -0.39 is 0 Å². The standard InChI is InChI=1S/C14H21NO3/c1-14(2,3)18-10-13(17)15(4)9-11-5-7-12(16)8-6-11/h5-8,16H,9-10H2,1-4H3. The fourth-order valence-corrected chi connectivity index (χ4v) is 1.35. The molecule has 0 spiro atoms. The molecule has 1 rings (SSSR count). The molecule has 100 valence electrons. The van der Waals surface area contributed by atoms with Crippen molar-refractivity contribution in [3.63, 3.8) is 0 Å². The molecule has 1 aromatic rings. The van der Waals surface area contributed by atoms with Crippen LogP contribution in [0.4, 0.5) is 0 Å². The van der Waals surface area contributed by atoms with E-state index in [-0.39, 0.29) is 23.9 Å². The molecule has 0 unspecified atom stereocenters. The zero-order valence-corrected chi connectivity index (χ0v) is 11.4. The van der Waals surface area contributed by atoms with E-state index in [0.29, 0.717) is 6.54 Å². The number of aromatic hydroxyl groups is 1. The number of nitrogens with zero attached hydrogens (tertiary/aromatic N) is 1. The molecule has 0 saturated carbocycles. The van der Waals surface area contributed by atoms with Crippen LogP contribution in [0.3, 0.4) is 0 Å². The summed E-state index contributed by atoms with van der Waals surface area (Å²) < 4.78 is 5.44. The van der Waals surface area contributed by atoms with Crippen molar-refractivity contribution in [2.45, 2.75) is 32.9 Å². The molecule has 1 N–H and O–H groups in total. The minimum absolute atomic E-state index is 0.0574. The van der Waals surface area contributed by atoms with Gasteiger partial charge in [0.2, 0.25) is 5.91 Å². The van der Waals surface area contributed by atoms with Crippen molar-refractivity contribution >= 4 is 5.91 Å². The van der Waals surface area contributed by atoms with Crippen molar-refractivity contribution in [3.8, 4) is 5.75 Å². The number of phenolic OH excluding ortho intramolecular Hbond substituents is 1. The summed E-state index contributed by atoms with van der Waals surface area (Å²) in [5, 5.41) is 9.17. The number of benzene rings is 1. The van der Waals surface area contributed by atoms with E-state index >= 15 is 0 Å². The molecule has 1 aromatic carbocycles. The van der Waals surface area contributed by atoms with Crippen molar-refractivity contribution in [2.75, 3.05) is 13.7 Å². The monoisotopic (exact) mass is 251 g/mol. The summed E-state index contributed by atoms with van der Waals surface area (Å²) in [5.74, 6) is 0.168. The van der Waals surface area contributed by atoms with Gasteiger partial charge in [-0.05, 0) is 38.5 Å². The zero-order chi connectivity index (χ0) is 13.8. The van der Waals surface area contributed by atoms with Crippen LogP contribution in [0.2, 0.25) is 0 Å². The highest BCUT2D eigenvalue weighted by atomic mass is 16.5. The van der Waals surface area contributed by atoms with Crippen molar-refractivity contribution in [2.24, 2.45) is 0 Å². The largest absolute Gasteiger partial charge is 0.508 e. The first-order valence-electron chi connectivity index (χ1n) is 5.94. The third kappa shape index (κ3) is 5.19. The quantitative estimate of drug-likeness (QED) is 0.892. The lowest BCUT2D eigenvalue weighted by Crippen LogP contribution is -2.33. The Balaban J connectivity index is 2.47. The Kier molecular flexibility index (Phi) is 4.73. The number of amides is 1. The molecule has 0 fully saturated rings. The van der Waals surface area contributed by atoms with Gasteiger partial charge in [-0.1, -0.05) is 12.1 Å². The number of ether oxygens (including phenoxy) is 1. The number of carbonyl (C=O) groups is 1. The topological polar surface area (TPSA) is 49.8 Å². The van der Waals surface area contributed by atoms with Gasteiger partial charge in [0.1, 0.15) is 12.4 Å².